The molecule has 0 saturated carbocycles. The van der Waals surface area contributed by atoms with Gasteiger partial charge in [0.15, 0.2) is 0 Å². The highest BCUT2D eigenvalue weighted by Crippen LogP contribution is 2.29. The van der Waals surface area contributed by atoms with Crippen molar-refractivity contribution in [1.29, 1.82) is 0 Å². The molecular weight excluding hydrogens is 376 g/mol. The van der Waals surface area contributed by atoms with Gasteiger partial charge in [0.05, 0.1) is 22.7 Å². The van der Waals surface area contributed by atoms with E-state index < -0.39 is 10.0 Å². The van der Waals surface area contributed by atoms with E-state index >= 15 is 0 Å². The number of benzene rings is 2. The molecule has 1 heterocycles. The predicted octanol–water partition coefficient (Wildman–Crippen LogP) is 3.67. The molecule has 1 saturated heterocycles. The number of amides is 1. The Balaban J connectivity index is 1.79. The fourth-order valence-electron chi connectivity index (χ4n) is 2.83. The summed E-state index contributed by atoms with van der Waals surface area (Å²) in [5.74, 6) is 0.531. The zero-order valence-corrected chi connectivity index (χ0v) is 15.8. The predicted molar refractivity (Wildman–Crippen MR) is 101 cm³/mol. The summed E-state index contributed by atoms with van der Waals surface area (Å²) in [5.41, 5.74) is 1.05. The lowest BCUT2D eigenvalue weighted by molar-refractivity contribution is -0.119. The SMILES string of the molecule is COc1ccc(NS(=O)(=O)c2ccc(N3CCCCC3=O)cc2)cc1Cl. The van der Waals surface area contributed by atoms with Crippen LogP contribution in [0.2, 0.25) is 5.02 Å². The molecule has 2 aromatic carbocycles. The standard InChI is InChI=1S/C18H19ClN2O4S/c1-25-17-10-5-13(12-16(17)19)20-26(23,24)15-8-6-14(7-9-15)21-11-3-2-4-18(21)22/h5-10,12,20H,2-4,11H2,1H3. The average molecular weight is 395 g/mol. The van der Waals surface area contributed by atoms with Crippen molar-refractivity contribution in [1.82, 2.24) is 0 Å². The monoisotopic (exact) mass is 394 g/mol. The van der Waals surface area contributed by atoms with Crippen LogP contribution in [-0.4, -0.2) is 28.0 Å². The van der Waals surface area contributed by atoms with Gasteiger partial charge in [-0.2, -0.15) is 0 Å². The zero-order valence-electron chi connectivity index (χ0n) is 14.2. The van der Waals surface area contributed by atoms with Crippen molar-refractivity contribution in [2.75, 3.05) is 23.3 Å². The lowest BCUT2D eigenvalue weighted by Crippen LogP contribution is -2.35. The van der Waals surface area contributed by atoms with Crippen LogP contribution in [0, 0.1) is 0 Å². The molecule has 1 fully saturated rings. The summed E-state index contributed by atoms with van der Waals surface area (Å²) in [5, 5.41) is 0.312. The van der Waals surface area contributed by atoms with Gasteiger partial charge in [-0.15, -0.1) is 0 Å². The molecule has 0 aliphatic carbocycles. The Labute approximate surface area is 157 Å². The van der Waals surface area contributed by atoms with Gasteiger partial charge in [-0.25, -0.2) is 8.42 Å². The van der Waals surface area contributed by atoms with Crippen LogP contribution >= 0.6 is 11.6 Å². The fraction of sp³-hybridized carbons (Fsp3) is 0.278. The molecule has 1 aliphatic rings. The van der Waals surface area contributed by atoms with Crippen LogP contribution in [0.4, 0.5) is 11.4 Å². The van der Waals surface area contributed by atoms with Gasteiger partial charge < -0.3 is 9.64 Å². The van der Waals surface area contributed by atoms with Crippen molar-refractivity contribution in [3.63, 3.8) is 0 Å². The number of methoxy groups -OCH3 is 1. The maximum atomic E-state index is 12.6. The molecule has 138 valence electrons. The van der Waals surface area contributed by atoms with Crippen LogP contribution < -0.4 is 14.4 Å². The number of carbonyl (C=O) groups is 1. The largest absolute Gasteiger partial charge is 0.495 e. The van der Waals surface area contributed by atoms with Crippen LogP contribution in [-0.2, 0) is 14.8 Å². The third-order valence-electron chi connectivity index (χ3n) is 4.19. The molecular formula is C18H19ClN2O4S. The molecule has 6 nitrogen and oxygen atoms in total. The molecule has 2 aromatic rings. The van der Waals surface area contributed by atoms with E-state index in [0.717, 1.165) is 12.8 Å². The maximum Gasteiger partial charge on any atom is 0.261 e. The first-order valence-corrected chi connectivity index (χ1v) is 10.0. The van der Waals surface area contributed by atoms with Gasteiger partial charge in [0.25, 0.3) is 10.0 Å². The quantitative estimate of drug-likeness (QED) is 0.839. The number of halogens is 1. The molecule has 0 spiro atoms. The van der Waals surface area contributed by atoms with E-state index in [4.69, 9.17) is 16.3 Å². The summed E-state index contributed by atoms with van der Waals surface area (Å²) in [6, 6.07) is 10.9. The van der Waals surface area contributed by atoms with Gasteiger partial charge in [0.2, 0.25) is 5.91 Å². The fourth-order valence-corrected chi connectivity index (χ4v) is 4.14. The normalized spacial score (nSPS) is 15.0. The van der Waals surface area contributed by atoms with Gasteiger partial charge in [-0.05, 0) is 55.3 Å². The van der Waals surface area contributed by atoms with Gasteiger partial charge in [0, 0.05) is 18.7 Å². The highest BCUT2D eigenvalue weighted by Gasteiger charge is 2.21. The molecule has 0 unspecified atom stereocenters. The summed E-state index contributed by atoms with van der Waals surface area (Å²) >= 11 is 6.03. The molecule has 0 aromatic heterocycles. The van der Waals surface area contributed by atoms with Gasteiger partial charge >= 0.3 is 0 Å². The number of rotatable bonds is 5. The number of hydrogen-bond donors (Lipinski definition) is 1. The molecule has 0 atom stereocenters. The van der Waals surface area contributed by atoms with Crippen molar-refractivity contribution >= 4 is 38.9 Å². The van der Waals surface area contributed by atoms with Crippen LogP contribution in [0.15, 0.2) is 47.4 Å². The Morgan fingerprint density at radius 3 is 2.46 bits per heavy atom. The van der Waals surface area contributed by atoms with Crippen molar-refractivity contribution in [2.45, 2.75) is 24.2 Å². The lowest BCUT2D eigenvalue weighted by Gasteiger charge is -2.26. The van der Waals surface area contributed by atoms with Crippen molar-refractivity contribution in [2.24, 2.45) is 0 Å². The second kappa shape index (κ2) is 7.55. The lowest BCUT2D eigenvalue weighted by atomic mass is 10.1. The number of hydrogen-bond acceptors (Lipinski definition) is 4. The van der Waals surface area contributed by atoms with E-state index in [1.54, 1.807) is 29.2 Å². The number of sulfonamides is 1. The van der Waals surface area contributed by atoms with E-state index in [1.807, 2.05) is 0 Å². The van der Waals surface area contributed by atoms with Crippen molar-refractivity contribution in [3.8, 4) is 5.75 Å². The van der Waals surface area contributed by atoms with Crippen molar-refractivity contribution < 1.29 is 17.9 Å². The number of piperidine rings is 1. The van der Waals surface area contributed by atoms with Gasteiger partial charge in [-0.1, -0.05) is 11.6 Å². The first kappa shape index (κ1) is 18.5. The Morgan fingerprint density at radius 1 is 1.12 bits per heavy atom. The van der Waals surface area contributed by atoms with E-state index in [9.17, 15) is 13.2 Å². The topological polar surface area (TPSA) is 75.7 Å². The third kappa shape index (κ3) is 3.94. The smallest absolute Gasteiger partial charge is 0.261 e. The molecule has 0 radical (unpaired) electrons. The number of nitrogens with zero attached hydrogens (tertiary/aromatic N) is 1. The number of anilines is 2. The second-order valence-corrected chi connectivity index (χ2v) is 8.04. The molecule has 1 amide bonds. The maximum absolute atomic E-state index is 12.6. The summed E-state index contributed by atoms with van der Waals surface area (Å²) in [4.78, 5) is 13.8. The van der Waals surface area contributed by atoms with E-state index in [0.29, 0.717) is 35.1 Å². The highest BCUT2D eigenvalue weighted by molar-refractivity contribution is 7.92. The first-order chi connectivity index (χ1) is 12.4. The zero-order chi connectivity index (χ0) is 18.7. The first-order valence-electron chi connectivity index (χ1n) is 8.17. The highest BCUT2D eigenvalue weighted by atomic mass is 35.5. The molecule has 1 aliphatic heterocycles. The minimum absolute atomic E-state index is 0.0675. The second-order valence-electron chi connectivity index (χ2n) is 5.95. The molecule has 8 heteroatoms. The number of carbonyl (C=O) groups excluding carboxylic acids is 1. The molecule has 1 N–H and O–H groups in total. The summed E-state index contributed by atoms with van der Waals surface area (Å²) in [7, 11) is -2.28. The Hall–Kier alpha value is -2.25. The average Bonchev–Trinajstić information content (AvgIpc) is 2.62. The minimum Gasteiger partial charge on any atom is -0.495 e. The number of ether oxygens (including phenoxy) is 1. The van der Waals surface area contributed by atoms with E-state index in [2.05, 4.69) is 4.72 Å². The van der Waals surface area contributed by atoms with Crippen molar-refractivity contribution in [3.05, 3.63) is 47.5 Å². The Kier molecular flexibility index (Phi) is 5.38. The van der Waals surface area contributed by atoms with E-state index in [-0.39, 0.29) is 10.8 Å². The minimum atomic E-state index is -3.76. The Morgan fingerprint density at radius 2 is 1.85 bits per heavy atom. The third-order valence-corrected chi connectivity index (χ3v) is 5.88. The van der Waals surface area contributed by atoms with Crippen LogP contribution in [0.3, 0.4) is 0 Å². The molecule has 3 rings (SSSR count). The van der Waals surface area contributed by atoms with Crippen LogP contribution in [0.25, 0.3) is 0 Å². The summed E-state index contributed by atoms with van der Waals surface area (Å²) in [6.45, 7) is 0.660. The summed E-state index contributed by atoms with van der Waals surface area (Å²) < 4.78 is 32.6. The van der Waals surface area contributed by atoms with Gasteiger partial charge in [-0.3, -0.25) is 9.52 Å². The van der Waals surface area contributed by atoms with Crippen LogP contribution in [0.5, 0.6) is 5.75 Å². The van der Waals surface area contributed by atoms with Gasteiger partial charge in [0.1, 0.15) is 5.75 Å². The Bertz CT molecular complexity index is 913. The van der Waals surface area contributed by atoms with E-state index in [1.165, 1.54) is 25.3 Å². The number of nitrogens with one attached hydrogen (secondary N) is 1. The molecule has 0 bridgehead atoms. The molecule has 26 heavy (non-hydrogen) atoms. The summed E-state index contributed by atoms with van der Waals surface area (Å²) in [6.07, 6.45) is 2.38. The van der Waals surface area contributed by atoms with Crippen LogP contribution in [0.1, 0.15) is 19.3 Å².